The summed E-state index contributed by atoms with van der Waals surface area (Å²) in [7, 11) is -4.78. The molecule has 0 aliphatic carbocycles. The third-order valence-electron chi connectivity index (χ3n) is 3.61. The van der Waals surface area contributed by atoms with E-state index >= 15 is 0 Å². The summed E-state index contributed by atoms with van der Waals surface area (Å²) in [6.07, 6.45) is 0. The fourth-order valence-electron chi connectivity index (χ4n) is 1.76. The van der Waals surface area contributed by atoms with Crippen LogP contribution in [0.3, 0.4) is 0 Å². The van der Waals surface area contributed by atoms with Crippen LogP contribution in [-0.2, 0) is 10.1 Å². The molecule has 0 bridgehead atoms. The molecule has 0 amide bonds. The van der Waals surface area contributed by atoms with Crippen molar-refractivity contribution in [2.24, 2.45) is 5.41 Å². The predicted octanol–water partition coefficient (Wildman–Crippen LogP) is 3.94. The van der Waals surface area contributed by atoms with Crippen LogP contribution in [0.2, 0.25) is 0 Å². The summed E-state index contributed by atoms with van der Waals surface area (Å²) >= 11 is 0. The van der Waals surface area contributed by atoms with E-state index in [-0.39, 0.29) is 21.2 Å². The summed E-state index contributed by atoms with van der Waals surface area (Å²) < 4.78 is 31.6. The number of hydrogen-bond acceptors (Lipinski definition) is 2. The lowest BCUT2D eigenvalue weighted by atomic mass is 9.82. The molecule has 3 nitrogen and oxygen atoms in total. The van der Waals surface area contributed by atoms with Crippen LogP contribution in [0.15, 0.2) is 0 Å². The molecule has 0 saturated carbocycles. The van der Waals surface area contributed by atoms with Gasteiger partial charge >= 0.3 is 0 Å². The minimum Gasteiger partial charge on any atom is -0.285 e. The van der Waals surface area contributed by atoms with E-state index in [1.54, 1.807) is 0 Å². The lowest BCUT2D eigenvalue weighted by Crippen LogP contribution is -2.41. The first-order chi connectivity index (χ1) is 7.09. The molecule has 17 heavy (non-hydrogen) atoms. The molecule has 0 rings (SSSR count). The van der Waals surface area contributed by atoms with E-state index in [1.807, 2.05) is 0 Å². The predicted molar refractivity (Wildman–Crippen MR) is 76.6 cm³/mol. The van der Waals surface area contributed by atoms with Crippen LogP contribution >= 0.6 is 7.92 Å². The average molecular weight is 282 g/mol. The Morgan fingerprint density at radius 1 is 0.941 bits per heavy atom. The van der Waals surface area contributed by atoms with Crippen molar-refractivity contribution in [3.05, 3.63) is 0 Å². The topological polar surface area (TPSA) is 54.4 Å². The van der Waals surface area contributed by atoms with E-state index in [0.717, 1.165) is 0 Å². The highest BCUT2D eigenvalue weighted by molar-refractivity contribution is 7.94. The van der Waals surface area contributed by atoms with Gasteiger partial charge in [-0.15, -0.1) is 0 Å². The van der Waals surface area contributed by atoms with Gasteiger partial charge in [0.05, 0.1) is 5.49 Å². The van der Waals surface area contributed by atoms with Gasteiger partial charge in [0.2, 0.25) is 0 Å². The average Bonchev–Trinajstić information content (AvgIpc) is 1.93. The van der Waals surface area contributed by atoms with Crippen molar-refractivity contribution in [1.82, 2.24) is 0 Å². The molecular formula is C12H27O3PS. The van der Waals surface area contributed by atoms with Gasteiger partial charge in [0.25, 0.3) is 10.1 Å². The Labute approximate surface area is 108 Å². The smallest absolute Gasteiger partial charge is 0.268 e. The molecule has 0 aliphatic rings. The highest BCUT2D eigenvalue weighted by atomic mass is 32.2. The van der Waals surface area contributed by atoms with E-state index in [1.165, 1.54) is 0 Å². The van der Waals surface area contributed by atoms with E-state index < -0.39 is 18.0 Å². The van der Waals surface area contributed by atoms with Crippen LogP contribution in [0.1, 0.15) is 55.4 Å². The number of rotatable bonds is 3. The lowest BCUT2D eigenvalue weighted by molar-refractivity contribution is 0.309. The van der Waals surface area contributed by atoms with Gasteiger partial charge in [-0.25, -0.2) is 0 Å². The second kappa shape index (κ2) is 4.79. The molecular weight excluding hydrogens is 255 g/mol. The minimum absolute atomic E-state index is 0.00330. The summed E-state index contributed by atoms with van der Waals surface area (Å²) in [6, 6.07) is 0. The van der Waals surface area contributed by atoms with Crippen LogP contribution in [0.25, 0.3) is 0 Å². The Hall–Kier alpha value is 0.340. The molecule has 0 aromatic rings. The van der Waals surface area contributed by atoms with E-state index in [4.69, 9.17) is 4.55 Å². The normalized spacial score (nSPS) is 17.0. The molecule has 1 unspecified atom stereocenters. The van der Waals surface area contributed by atoms with Crippen molar-refractivity contribution in [2.75, 3.05) is 5.49 Å². The summed E-state index contributed by atoms with van der Waals surface area (Å²) in [5, 5.41) is -0.238. The zero-order chi connectivity index (χ0) is 14.3. The molecule has 0 saturated heterocycles. The summed E-state index contributed by atoms with van der Waals surface area (Å²) in [5.41, 5.74) is -0.118. The van der Waals surface area contributed by atoms with Crippen LogP contribution in [0.5, 0.6) is 0 Å². The zero-order valence-electron chi connectivity index (χ0n) is 12.3. The van der Waals surface area contributed by atoms with Crippen molar-refractivity contribution >= 4 is 18.0 Å². The molecule has 0 aromatic carbocycles. The lowest BCUT2D eigenvalue weighted by Gasteiger charge is -2.50. The fraction of sp³-hybridized carbons (Fsp3) is 1.00. The monoisotopic (exact) mass is 282 g/mol. The van der Waals surface area contributed by atoms with Crippen LogP contribution < -0.4 is 0 Å². The van der Waals surface area contributed by atoms with Gasteiger partial charge in [-0.3, -0.25) is 4.55 Å². The molecule has 0 heterocycles. The third-order valence-corrected chi connectivity index (χ3v) is 9.59. The Balaban J connectivity index is 5.51. The second-order valence-electron chi connectivity index (χ2n) is 7.12. The first-order valence-electron chi connectivity index (χ1n) is 5.82. The van der Waals surface area contributed by atoms with Crippen molar-refractivity contribution in [1.29, 1.82) is 0 Å². The molecule has 5 heteroatoms. The molecule has 0 fully saturated rings. The Morgan fingerprint density at radius 3 is 1.47 bits per heavy atom. The van der Waals surface area contributed by atoms with Crippen molar-refractivity contribution in [2.45, 2.75) is 65.7 Å². The largest absolute Gasteiger partial charge is 0.285 e. The zero-order valence-corrected chi connectivity index (χ0v) is 14.0. The van der Waals surface area contributed by atoms with E-state index in [2.05, 4.69) is 55.4 Å². The Bertz CT molecular complexity index is 358. The van der Waals surface area contributed by atoms with E-state index in [9.17, 15) is 8.42 Å². The first kappa shape index (κ1) is 17.3. The summed E-state index contributed by atoms with van der Waals surface area (Å²) in [5.74, 6) is 0. The van der Waals surface area contributed by atoms with Crippen molar-refractivity contribution < 1.29 is 13.0 Å². The molecule has 0 spiro atoms. The molecule has 1 atom stereocenters. The SMILES string of the molecule is CC(C)(C)P(CS(=O)(=O)O)C(C)(C)C(C)(C)C. The fourth-order valence-corrected chi connectivity index (χ4v) is 8.39. The van der Waals surface area contributed by atoms with Crippen LogP contribution in [0.4, 0.5) is 0 Å². The molecule has 104 valence electrons. The first-order valence-corrected chi connectivity index (χ1v) is 8.95. The van der Waals surface area contributed by atoms with Gasteiger partial charge in [0.15, 0.2) is 0 Å². The molecule has 0 aliphatic heterocycles. The van der Waals surface area contributed by atoms with Crippen molar-refractivity contribution in [3.63, 3.8) is 0 Å². The van der Waals surface area contributed by atoms with Gasteiger partial charge in [0, 0.05) is 0 Å². The minimum atomic E-state index is -3.92. The molecule has 0 aromatic heterocycles. The summed E-state index contributed by atoms with van der Waals surface area (Å²) in [4.78, 5) is 0. The molecule has 1 N–H and O–H groups in total. The van der Waals surface area contributed by atoms with Crippen LogP contribution in [-0.4, -0.2) is 28.8 Å². The van der Waals surface area contributed by atoms with Gasteiger partial charge in [0.1, 0.15) is 0 Å². The van der Waals surface area contributed by atoms with Crippen LogP contribution in [0, 0.1) is 5.41 Å². The Kier molecular flexibility index (Phi) is 4.88. The Morgan fingerprint density at radius 2 is 1.29 bits per heavy atom. The van der Waals surface area contributed by atoms with Gasteiger partial charge in [-0.05, 0) is 15.7 Å². The quantitative estimate of drug-likeness (QED) is 0.630. The maximum atomic E-state index is 11.2. The van der Waals surface area contributed by atoms with Gasteiger partial charge in [-0.2, -0.15) is 8.42 Å². The second-order valence-corrected chi connectivity index (χ2v) is 12.6. The maximum absolute atomic E-state index is 11.2. The summed E-state index contributed by atoms with van der Waals surface area (Å²) in [6.45, 7) is 16.7. The maximum Gasteiger partial charge on any atom is 0.268 e. The van der Waals surface area contributed by atoms with E-state index in [0.29, 0.717) is 0 Å². The van der Waals surface area contributed by atoms with Gasteiger partial charge in [-0.1, -0.05) is 63.3 Å². The number of hydrogen-bond donors (Lipinski definition) is 1. The highest BCUT2D eigenvalue weighted by Crippen LogP contribution is 2.65. The van der Waals surface area contributed by atoms with Gasteiger partial charge < -0.3 is 0 Å². The standard InChI is InChI=1S/C12H27O3PS/c1-10(2,3)12(7,8)16(11(4,5)6)9-17(13,14)15/h9H2,1-8H3,(H,13,14,15). The van der Waals surface area contributed by atoms with Crippen molar-refractivity contribution in [3.8, 4) is 0 Å². The highest BCUT2D eigenvalue weighted by Gasteiger charge is 2.46. The third kappa shape index (κ3) is 4.84. The molecule has 0 radical (unpaired) electrons.